The van der Waals surface area contributed by atoms with Crippen molar-refractivity contribution in [1.82, 2.24) is 15.5 Å². The predicted octanol–water partition coefficient (Wildman–Crippen LogP) is 2.73. The molecule has 1 spiro atoms. The van der Waals surface area contributed by atoms with Crippen molar-refractivity contribution in [1.29, 1.82) is 0 Å². The van der Waals surface area contributed by atoms with Crippen LogP contribution in [0.25, 0.3) is 0 Å². The minimum atomic E-state index is -1.14. The molecule has 3 amide bonds. The van der Waals surface area contributed by atoms with E-state index in [1.165, 1.54) is 4.90 Å². The van der Waals surface area contributed by atoms with Crippen molar-refractivity contribution in [2.75, 3.05) is 6.61 Å². The van der Waals surface area contributed by atoms with Crippen molar-refractivity contribution in [3.8, 4) is 0 Å². The van der Waals surface area contributed by atoms with Crippen LogP contribution in [0.4, 0.5) is 0 Å². The summed E-state index contributed by atoms with van der Waals surface area (Å²) < 4.78 is 6.52. The summed E-state index contributed by atoms with van der Waals surface area (Å²) in [7, 11) is 0. The smallest absolute Gasteiger partial charge is 0.246 e. The second kappa shape index (κ2) is 10.9. The zero-order valence-electron chi connectivity index (χ0n) is 22.1. The highest BCUT2D eigenvalue weighted by atomic mass is 16.5. The summed E-state index contributed by atoms with van der Waals surface area (Å²) in [6.45, 7) is 0.263. The summed E-state index contributed by atoms with van der Waals surface area (Å²) in [6.07, 6.45) is 0.628. The number of nitrogens with zero attached hydrogens (tertiary/aromatic N) is 1. The maximum atomic E-state index is 14.3. The summed E-state index contributed by atoms with van der Waals surface area (Å²) in [5, 5.41) is 16.5. The molecule has 3 saturated heterocycles. The highest BCUT2D eigenvalue weighted by Gasteiger charge is 2.75. The Morgan fingerprint density at radius 2 is 1.43 bits per heavy atom. The van der Waals surface area contributed by atoms with E-state index in [1.807, 2.05) is 91.0 Å². The molecule has 3 aliphatic rings. The lowest BCUT2D eigenvalue weighted by Gasteiger charge is -2.36. The summed E-state index contributed by atoms with van der Waals surface area (Å²) in [5.41, 5.74) is 1.46. The zero-order chi connectivity index (χ0) is 27.7. The average molecular weight is 540 g/mol. The van der Waals surface area contributed by atoms with E-state index in [1.54, 1.807) is 0 Å². The Bertz CT molecular complexity index is 1370. The number of benzene rings is 3. The number of ether oxygens (including phenoxy) is 1. The van der Waals surface area contributed by atoms with E-state index in [9.17, 15) is 19.5 Å². The first-order chi connectivity index (χ1) is 19.5. The maximum Gasteiger partial charge on any atom is 0.246 e. The summed E-state index contributed by atoms with van der Waals surface area (Å²) in [5.74, 6) is -2.45. The van der Waals surface area contributed by atoms with Crippen LogP contribution in [0.5, 0.6) is 0 Å². The fourth-order valence-corrected chi connectivity index (χ4v) is 6.84. The van der Waals surface area contributed by atoms with Crippen LogP contribution in [0.3, 0.4) is 0 Å². The molecule has 6 atom stereocenters. The fraction of sp³-hybridized carbons (Fsp3) is 0.344. The molecule has 2 bridgehead atoms. The molecule has 6 rings (SSSR count). The summed E-state index contributed by atoms with van der Waals surface area (Å²) >= 11 is 0. The van der Waals surface area contributed by atoms with Crippen molar-refractivity contribution in [2.45, 2.75) is 49.7 Å². The lowest BCUT2D eigenvalue weighted by Crippen LogP contribution is -2.56. The molecule has 3 aliphatic heterocycles. The van der Waals surface area contributed by atoms with Gasteiger partial charge in [-0.05, 0) is 29.5 Å². The Balaban J connectivity index is 1.33. The van der Waals surface area contributed by atoms with E-state index < -0.39 is 35.6 Å². The predicted molar refractivity (Wildman–Crippen MR) is 147 cm³/mol. The molecule has 206 valence electrons. The van der Waals surface area contributed by atoms with Crippen LogP contribution in [0.1, 0.15) is 35.6 Å². The van der Waals surface area contributed by atoms with Gasteiger partial charge in [0.25, 0.3) is 0 Å². The second-order valence-electron chi connectivity index (χ2n) is 10.8. The molecule has 0 aliphatic carbocycles. The van der Waals surface area contributed by atoms with Crippen LogP contribution in [0.2, 0.25) is 0 Å². The van der Waals surface area contributed by atoms with Crippen LogP contribution in [0, 0.1) is 11.8 Å². The number of rotatable bonds is 9. The fourth-order valence-electron chi connectivity index (χ4n) is 6.84. The Kier molecular flexibility index (Phi) is 7.12. The maximum absolute atomic E-state index is 14.3. The molecular formula is C32H33N3O5. The number of aliphatic hydroxyl groups excluding tert-OH is 1. The normalized spacial score (nSPS) is 27.3. The molecule has 40 heavy (non-hydrogen) atoms. The van der Waals surface area contributed by atoms with Crippen LogP contribution < -0.4 is 10.6 Å². The average Bonchev–Trinajstić information content (AvgIpc) is 3.64. The van der Waals surface area contributed by atoms with Crippen molar-refractivity contribution in [2.24, 2.45) is 11.8 Å². The van der Waals surface area contributed by atoms with Crippen LogP contribution in [0.15, 0.2) is 91.0 Å². The van der Waals surface area contributed by atoms with Gasteiger partial charge < -0.3 is 25.4 Å². The Hall–Kier alpha value is -4.01. The van der Waals surface area contributed by atoms with Gasteiger partial charge >= 0.3 is 0 Å². The Morgan fingerprint density at radius 3 is 2.00 bits per heavy atom. The quantitative estimate of drug-likeness (QED) is 0.388. The summed E-state index contributed by atoms with van der Waals surface area (Å²) in [6, 6.07) is 26.6. The molecule has 0 radical (unpaired) electrons. The van der Waals surface area contributed by atoms with Gasteiger partial charge in [-0.1, -0.05) is 91.0 Å². The SMILES string of the molecule is O=C(NCc1ccccc1)C1N([C@H](CO)c2ccccc2)C(=O)[C@@H]2[C@H](C(=O)NCc3ccccc3)[C@@H]3CCC12O3. The van der Waals surface area contributed by atoms with E-state index in [0.717, 1.165) is 16.7 Å². The standard InChI is InChI=1S/C32H33N3O5/c36-20-24(23-14-8-3-9-15-23)35-28(30(38)34-19-22-12-6-2-7-13-22)32-17-16-25(40-32)26(27(32)31(35)39)29(37)33-18-21-10-4-1-5-11-21/h1-15,24-28,36H,16-20H2,(H,33,37)(H,34,38)/t24-,25+,26-,27+,28?,32?/m1/s1. The number of hydrogen-bond donors (Lipinski definition) is 3. The van der Waals surface area contributed by atoms with Gasteiger partial charge in [0.15, 0.2) is 0 Å². The third-order valence-corrected chi connectivity index (χ3v) is 8.60. The van der Waals surface area contributed by atoms with Gasteiger partial charge in [-0.3, -0.25) is 14.4 Å². The molecule has 3 aromatic rings. The van der Waals surface area contributed by atoms with E-state index in [0.29, 0.717) is 25.9 Å². The third-order valence-electron chi connectivity index (χ3n) is 8.60. The molecule has 3 fully saturated rings. The Labute approximate surface area is 233 Å². The van der Waals surface area contributed by atoms with Gasteiger partial charge in [0.05, 0.1) is 30.6 Å². The van der Waals surface area contributed by atoms with E-state index in [2.05, 4.69) is 10.6 Å². The zero-order valence-corrected chi connectivity index (χ0v) is 22.1. The minimum absolute atomic E-state index is 0.251. The van der Waals surface area contributed by atoms with Crippen molar-refractivity contribution >= 4 is 17.7 Å². The molecule has 3 N–H and O–H groups in total. The number of amides is 3. The van der Waals surface area contributed by atoms with E-state index in [-0.39, 0.29) is 24.3 Å². The number of carbonyl (C=O) groups excluding carboxylic acids is 3. The van der Waals surface area contributed by atoms with E-state index in [4.69, 9.17) is 4.74 Å². The van der Waals surface area contributed by atoms with Gasteiger partial charge in [-0.25, -0.2) is 0 Å². The van der Waals surface area contributed by atoms with Gasteiger partial charge in [0.1, 0.15) is 11.6 Å². The molecule has 0 saturated carbocycles. The number of nitrogens with one attached hydrogen (secondary N) is 2. The van der Waals surface area contributed by atoms with E-state index >= 15 is 0 Å². The topological polar surface area (TPSA) is 108 Å². The lowest BCUT2D eigenvalue weighted by atomic mass is 9.70. The largest absolute Gasteiger partial charge is 0.394 e. The van der Waals surface area contributed by atoms with Crippen LogP contribution in [-0.2, 0) is 32.2 Å². The van der Waals surface area contributed by atoms with Crippen LogP contribution >= 0.6 is 0 Å². The lowest BCUT2D eigenvalue weighted by molar-refractivity contribution is -0.146. The molecule has 3 aromatic carbocycles. The second-order valence-corrected chi connectivity index (χ2v) is 10.8. The number of carbonyl (C=O) groups is 3. The van der Waals surface area contributed by atoms with Crippen molar-refractivity contribution in [3.05, 3.63) is 108 Å². The Morgan fingerprint density at radius 1 is 0.875 bits per heavy atom. The van der Waals surface area contributed by atoms with Gasteiger partial charge in [0, 0.05) is 13.1 Å². The van der Waals surface area contributed by atoms with Gasteiger partial charge in [-0.2, -0.15) is 0 Å². The number of fused-ring (bicyclic) bond motifs is 1. The van der Waals surface area contributed by atoms with Gasteiger partial charge in [-0.15, -0.1) is 0 Å². The number of hydrogen-bond acceptors (Lipinski definition) is 5. The number of likely N-dealkylation sites (tertiary alicyclic amines) is 1. The molecule has 0 aromatic heterocycles. The highest BCUT2D eigenvalue weighted by Crippen LogP contribution is 2.59. The molecular weight excluding hydrogens is 506 g/mol. The molecule has 2 unspecified atom stereocenters. The molecule has 3 heterocycles. The van der Waals surface area contributed by atoms with Gasteiger partial charge in [0.2, 0.25) is 17.7 Å². The third kappa shape index (κ3) is 4.47. The first-order valence-corrected chi connectivity index (χ1v) is 13.8. The summed E-state index contributed by atoms with van der Waals surface area (Å²) in [4.78, 5) is 43.3. The first-order valence-electron chi connectivity index (χ1n) is 13.8. The minimum Gasteiger partial charge on any atom is -0.394 e. The van der Waals surface area contributed by atoms with Crippen molar-refractivity contribution in [3.63, 3.8) is 0 Å². The number of aliphatic hydroxyl groups is 1. The molecule has 8 nitrogen and oxygen atoms in total. The van der Waals surface area contributed by atoms with Crippen molar-refractivity contribution < 1.29 is 24.2 Å². The monoisotopic (exact) mass is 539 g/mol. The highest BCUT2D eigenvalue weighted by molar-refractivity contribution is 5.99. The first kappa shape index (κ1) is 26.2. The molecule has 8 heteroatoms. The van der Waals surface area contributed by atoms with Crippen LogP contribution in [-0.4, -0.2) is 52.1 Å².